The number of hydrogen-bond acceptors (Lipinski definition) is 2. The Bertz CT molecular complexity index is 389. The van der Waals surface area contributed by atoms with E-state index in [-0.39, 0.29) is 0 Å². The number of hydrogen-bond donors (Lipinski definition) is 2. The largest absolute Gasteiger partial charge is 0.330 e. The van der Waals surface area contributed by atoms with Gasteiger partial charge in [-0.3, -0.25) is 0 Å². The number of allylic oxidation sites excluding steroid dienone is 4. The van der Waals surface area contributed by atoms with Crippen LogP contribution < -0.4 is 11.5 Å². The van der Waals surface area contributed by atoms with Crippen LogP contribution >= 0.6 is 0 Å². The van der Waals surface area contributed by atoms with Crippen molar-refractivity contribution in [1.82, 2.24) is 0 Å². The van der Waals surface area contributed by atoms with Crippen molar-refractivity contribution in [3.05, 3.63) is 24.3 Å². The normalized spacial score (nSPS) is 11.5. The van der Waals surface area contributed by atoms with Crippen LogP contribution in [0, 0.1) is 0 Å². The average Bonchev–Trinajstić information content (AvgIpc) is 2.93. The molecule has 0 aliphatic carbocycles. The molecule has 0 aromatic rings. The zero-order valence-electron chi connectivity index (χ0n) is 26.7. The van der Waals surface area contributed by atoms with Crippen LogP contribution in [-0.2, 0) is 0 Å². The lowest BCUT2D eigenvalue weighted by atomic mass is 10.1. The summed E-state index contributed by atoms with van der Waals surface area (Å²) in [7, 11) is 0. The van der Waals surface area contributed by atoms with E-state index < -0.39 is 0 Å². The standard InChI is InChI=1S/2C18H37N/c2*1-2-3-4-5-6-7-8-9-10-11-12-13-14-15-16-17-18-19/h2*9-10H,2-8,11-19H2,1H3/b2*10-9+. The molecule has 0 aromatic heterocycles. The van der Waals surface area contributed by atoms with E-state index in [1.54, 1.807) is 0 Å². The first-order chi connectivity index (χ1) is 18.8. The second kappa shape index (κ2) is 40.9. The fourth-order valence-corrected chi connectivity index (χ4v) is 4.78. The van der Waals surface area contributed by atoms with E-state index in [9.17, 15) is 0 Å². The maximum atomic E-state index is 5.47. The molecular weight excluding hydrogens is 460 g/mol. The van der Waals surface area contributed by atoms with E-state index in [2.05, 4.69) is 38.2 Å². The van der Waals surface area contributed by atoms with Crippen LogP contribution in [-0.4, -0.2) is 13.1 Å². The summed E-state index contributed by atoms with van der Waals surface area (Å²) >= 11 is 0. The molecule has 0 rings (SSSR count). The summed E-state index contributed by atoms with van der Waals surface area (Å²) in [6.45, 7) is 6.28. The topological polar surface area (TPSA) is 52.0 Å². The van der Waals surface area contributed by atoms with Crippen molar-refractivity contribution in [3.8, 4) is 0 Å². The molecule has 0 amide bonds. The van der Waals surface area contributed by atoms with Gasteiger partial charge in [0.25, 0.3) is 0 Å². The summed E-state index contributed by atoms with van der Waals surface area (Å²) in [6.07, 6.45) is 47.8. The molecule has 0 spiro atoms. The maximum absolute atomic E-state index is 5.47. The first-order valence-corrected chi connectivity index (χ1v) is 17.5. The van der Waals surface area contributed by atoms with Crippen LogP contribution in [0.1, 0.15) is 194 Å². The average molecular weight is 535 g/mol. The molecule has 2 nitrogen and oxygen atoms in total. The Balaban J connectivity index is 0. The van der Waals surface area contributed by atoms with Gasteiger partial charge in [0.2, 0.25) is 0 Å². The van der Waals surface area contributed by atoms with Crippen molar-refractivity contribution in [1.29, 1.82) is 0 Å². The van der Waals surface area contributed by atoms with E-state index in [1.165, 1.54) is 180 Å². The first kappa shape index (κ1) is 39.5. The van der Waals surface area contributed by atoms with Crippen molar-refractivity contribution in [3.63, 3.8) is 0 Å². The summed E-state index contributed by atoms with van der Waals surface area (Å²) in [5.41, 5.74) is 10.9. The monoisotopic (exact) mass is 535 g/mol. The second-order valence-corrected chi connectivity index (χ2v) is 11.5. The summed E-state index contributed by atoms with van der Waals surface area (Å²) in [6, 6.07) is 0. The van der Waals surface area contributed by atoms with E-state index in [0.717, 1.165) is 13.1 Å². The van der Waals surface area contributed by atoms with Gasteiger partial charge in [0.15, 0.2) is 0 Å². The molecule has 0 saturated carbocycles. The van der Waals surface area contributed by atoms with Gasteiger partial charge in [0.1, 0.15) is 0 Å². The Morgan fingerprint density at radius 3 is 0.737 bits per heavy atom. The van der Waals surface area contributed by atoms with Crippen LogP contribution in [0.5, 0.6) is 0 Å². The number of rotatable bonds is 30. The third kappa shape index (κ3) is 42.5. The van der Waals surface area contributed by atoms with Crippen LogP contribution in [0.2, 0.25) is 0 Å². The van der Waals surface area contributed by atoms with Crippen molar-refractivity contribution in [2.45, 2.75) is 194 Å². The molecule has 0 saturated heterocycles. The SMILES string of the molecule is CCCCCCCC/C=C/CCCCCCCCN.CCCCCCCC/C=C/CCCCCCCCN. The van der Waals surface area contributed by atoms with E-state index in [1.807, 2.05) is 0 Å². The van der Waals surface area contributed by atoms with Crippen LogP contribution in [0.15, 0.2) is 24.3 Å². The molecule has 0 atom stereocenters. The molecular formula is C36H74N2. The molecule has 0 bridgehead atoms. The van der Waals surface area contributed by atoms with Gasteiger partial charge in [0.05, 0.1) is 0 Å². The summed E-state index contributed by atoms with van der Waals surface area (Å²) in [4.78, 5) is 0. The minimum Gasteiger partial charge on any atom is -0.330 e. The third-order valence-corrected chi connectivity index (χ3v) is 7.43. The fraction of sp³-hybridized carbons (Fsp3) is 0.889. The quantitative estimate of drug-likeness (QED) is 0.0711. The van der Waals surface area contributed by atoms with Crippen LogP contribution in [0.25, 0.3) is 0 Å². The van der Waals surface area contributed by atoms with E-state index in [4.69, 9.17) is 11.5 Å². The summed E-state index contributed by atoms with van der Waals surface area (Å²) < 4.78 is 0. The predicted molar refractivity (Wildman–Crippen MR) is 177 cm³/mol. The highest BCUT2D eigenvalue weighted by molar-refractivity contribution is 4.82. The summed E-state index contributed by atoms with van der Waals surface area (Å²) in [5.74, 6) is 0. The van der Waals surface area contributed by atoms with Crippen molar-refractivity contribution in [2.24, 2.45) is 11.5 Å². The third-order valence-electron chi connectivity index (χ3n) is 7.43. The smallest absolute Gasteiger partial charge is 0.00773 e. The lowest BCUT2D eigenvalue weighted by Gasteiger charge is -1.99. The van der Waals surface area contributed by atoms with Gasteiger partial charge in [0, 0.05) is 0 Å². The zero-order chi connectivity index (χ0) is 28.0. The molecule has 0 aliphatic heterocycles. The van der Waals surface area contributed by atoms with Crippen molar-refractivity contribution < 1.29 is 0 Å². The Kier molecular flexibility index (Phi) is 42.5. The number of nitrogens with two attached hydrogens (primary N) is 2. The molecule has 38 heavy (non-hydrogen) atoms. The zero-order valence-corrected chi connectivity index (χ0v) is 26.7. The van der Waals surface area contributed by atoms with Gasteiger partial charge in [-0.25, -0.2) is 0 Å². The van der Waals surface area contributed by atoms with Crippen LogP contribution in [0.3, 0.4) is 0 Å². The number of unbranched alkanes of at least 4 members (excludes halogenated alkanes) is 24. The minimum absolute atomic E-state index is 0.862. The Hall–Kier alpha value is -0.600. The van der Waals surface area contributed by atoms with Gasteiger partial charge in [-0.15, -0.1) is 0 Å². The lowest BCUT2D eigenvalue weighted by molar-refractivity contribution is 0.599. The molecule has 0 unspecified atom stereocenters. The second-order valence-electron chi connectivity index (χ2n) is 11.5. The van der Waals surface area contributed by atoms with Gasteiger partial charge < -0.3 is 11.5 Å². The Labute approximate surface area is 242 Å². The molecule has 0 fully saturated rings. The highest BCUT2D eigenvalue weighted by atomic mass is 14.5. The molecule has 0 aromatic carbocycles. The summed E-state index contributed by atoms with van der Waals surface area (Å²) in [5, 5.41) is 0. The maximum Gasteiger partial charge on any atom is -0.00773 e. The molecule has 4 N–H and O–H groups in total. The van der Waals surface area contributed by atoms with Gasteiger partial charge in [-0.05, 0) is 77.3 Å². The van der Waals surface area contributed by atoms with Crippen LogP contribution in [0.4, 0.5) is 0 Å². The van der Waals surface area contributed by atoms with Crippen molar-refractivity contribution >= 4 is 0 Å². The van der Waals surface area contributed by atoms with E-state index in [0.29, 0.717) is 0 Å². The fourth-order valence-electron chi connectivity index (χ4n) is 4.78. The highest BCUT2D eigenvalue weighted by Crippen LogP contribution is 2.11. The molecule has 0 radical (unpaired) electrons. The van der Waals surface area contributed by atoms with Gasteiger partial charge in [-0.2, -0.15) is 0 Å². The molecule has 228 valence electrons. The van der Waals surface area contributed by atoms with Gasteiger partial charge >= 0.3 is 0 Å². The first-order valence-electron chi connectivity index (χ1n) is 17.5. The minimum atomic E-state index is 0.862. The predicted octanol–water partition coefficient (Wildman–Crippen LogP) is 12.0. The Morgan fingerprint density at radius 1 is 0.289 bits per heavy atom. The highest BCUT2D eigenvalue weighted by Gasteiger charge is 1.92. The van der Waals surface area contributed by atoms with Gasteiger partial charge in [-0.1, -0.05) is 154 Å². The molecule has 0 heterocycles. The Morgan fingerprint density at radius 2 is 0.500 bits per heavy atom. The molecule has 0 aliphatic rings. The molecule has 2 heteroatoms. The lowest BCUT2D eigenvalue weighted by Crippen LogP contribution is -1.97. The van der Waals surface area contributed by atoms with E-state index >= 15 is 0 Å². The van der Waals surface area contributed by atoms with Crippen molar-refractivity contribution in [2.75, 3.05) is 13.1 Å².